The Bertz CT molecular complexity index is 398. The fourth-order valence-corrected chi connectivity index (χ4v) is 1.46. The highest BCUT2D eigenvalue weighted by Gasteiger charge is 2.20. The van der Waals surface area contributed by atoms with Crippen LogP contribution in [0.25, 0.3) is 0 Å². The van der Waals surface area contributed by atoms with Crippen LogP contribution in [0, 0.1) is 5.92 Å². The lowest BCUT2D eigenvalue weighted by molar-refractivity contribution is 0.182. The molecule has 0 spiro atoms. The Morgan fingerprint density at radius 2 is 2.44 bits per heavy atom. The van der Waals surface area contributed by atoms with Crippen LogP contribution in [0.1, 0.15) is 12.8 Å². The molecule has 0 atom stereocenters. The molecular weight excluding hydrogens is 206 g/mol. The van der Waals surface area contributed by atoms with Crippen molar-refractivity contribution in [1.29, 1.82) is 0 Å². The maximum Gasteiger partial charge on any atom is 0.268 e. The monoisotopic (exact) mass is 223 g/mol. The summed E-state index contributed by atoms with van der Waals surface area (Å²) in [7, 11) is 1.61. The standard InChI is InChI=1S/C11H17N3O2/c1-16-5-4-14-11(15)6-10(8-13-14)12-7-9-2-3-9/h6,8-9,12H,2-5,7H2,1H3. The first-order valence-electron chi connectivity index (χ1n) is 5.59. The SMILES string of the molecule is COCCn1ncc(NCC2CC2)cc1=O. The van der Waals surface area contributed by atoms with Gasteiger partial charge in [0, 0.05) is 19.7 Å². The van der Waals surface area contributed by atoms with Gasteiger partial charge in [-0.25, -0.2) is 4.68 Å². The predicted molar refractivity (Wildman–Crippen MR) is 61.6 cm³/mol. The minimum absolute atomic E-state index is 0.0853. The van der Waals surface area contributed by atoms with Crippen LogP contribution in [0.4, 0.5) is 5.69 Å². The van der Waals surface area contributed by atoms with Crippen LogP contribution in [0.15, 0.2) is 17.1 Å². The molecule has 5 nitrogen and oxygen atoms in total. The number of rotatable bonds is 6. The number of ether oxygens (including phenoxy) is 1. The number of nitrogens with one attached hydrogen (secondary N) is 1. The maximum absolute atomic E-state index is 11.6. The maximum atomic E-state index is 11.6. The molecule has 0 amide bonds. The van der Waals surface area contributed by atoms with Gasteiger partial charge >= 0.3 is 0 Å². The molecule has 1 aliphatic rings. The molecule has 16 heavy (non-hydrogen) atoms. The Morgan fingerprint density at radius 3 is 3.06 bits per heavy atom. The van der Waals surface area contributed by atoms with E-state index < -0.39 is 0 Å². The van der Waals surface area contributed by atoms with Crippen molar-refractivity contribution < 1.29 is 4.74 Å². The first kappa shape index (κ1) is 11.1. The number of anilines is 1. The number of methoxy groups -OCH3 is 1. The van der Waals surface area contributed by atoms with Crippen molar-refractivity contribution in [3.05, 3.63) is 22.6 Å². The molecule has 5 heteroatoms. The first-order chi connectivity index (χ1) is 7.79. The van der Waals surface area contributed by atoms with Gasteiger partial charge < -0.3 is 10.1 Å². The molecule has 1 aromatic heterocycles. The summed E-state index contributed by atoms with van der Waals surface area (Å²) < 4.78 is 6.31. The molecule has 0 bridgehead atoms. The molecule has 1 saturated carbocycles. The zero-order valence-corrected chi connectivity index (χ0v) is 9.48. The summed E-state index contributed by atoms with van der Waals surface area (Å²) in [6.07, 6.45) is 4.29. The molecule has 1 aliphatic carbocycles. The van der Waals surface area contributed by atoms with Gasteiger partial charge in [0.1, 0.15) is 0 Å². The summed E-state index contributed by atoms with van der Waals surface area (Å²) in [5.74, 6) is 0.788. The second kappa shape index (κ2) is 5.12. The van der Waals surface area contributed by atoms with E-state index in [4.69, 9.17) is 4.74 Å². The van der Waals surface area contributed by atoms with E-state index in [1.54, 1.807) is 19.4 Å². The van der Waals surface area contributed by atoms with E-state index in [9.17, 15) is 4.79 Å². The van der Waals surface area contributed by atoms with Crippen molar-refractivity contribution >= 4 is 5.69 Å². The van der Waals surface area contributed by atoms with Crippen LogP contribution < -0.4 is 10.9 Å². The second-order valence-corrected chi connectivity index (χ2v) is 4.12. The van der Waals surface area contributed by atoms with Gasteiger partial charge in [0.2, 0.25) is 0 Å². The fourth-order valence-electron chi connectivity index (χ4n) is 1.46. The van der Waals surface area contributed by atoms with Gasteiger partial charge in [0.05, 0.1) is 25.0 Å². The van der Waals surface area contributed by atoms with Crippen LogP contribution in [-0.2, 0) is 11.3 Å². The summed E-state index contributed by atoms with van der Waals surface area (Å²) in [5.41, 5.74) is 0.725. The third-order valence-electron chi connectivity index (χ3n) is 2.67. The minimum atomic E-state index is -0.0853. The van der Waals surface area contributed by atoms with E-state index >= 15 is 0 Å². The van der Waals surface area contributed by atoms with Crippen LogP contribution >= 0.6 is 0 Å². The quantitative estimate of drug-likeness (QED) is 0.771. The average molecular weight is 223 g/mol. The van der Waals surface area contributed by atoms with Gasteiger partial charge in [-0.05, 0) is 18.8 Å². The molecule has 0 aromatic carbocycles. The van der Waals surface area contributed by atoms with Crippen LogP contribution in [0.3, 0.4) is 0 Å². The van der Waals surface area contributed by atoms with Crippen molar-refractivity contribution in [2.24, 2.45) is 5.92 Å². The third-order valence-corrected chi connectivity index (χ3v) is 2.67. The highest BCUT2D eigenvalue weighted by molar-refractivity contribution is 5.38. The van der Waals surface area contributed by atoms with Crippen molar-refractivity contribution in [3.8, 4) is 0 Å². The van der Waals surface area contributed by atoms with E-state index in [2.05, 4.69) is 10.4 Å². The summed E-state index contributed by atoms with van der Waals surface area (Å²) in [5, 5.41) is 7.30. The molecule has 0 saturated heterocycles. The molecule has 1 N–H and O–H groups in total. The Morgan fingerprint density at radius 1 is 1.62 bits per heavy atom. The predicted octanol–water partition coefficient (Wildman–Crippen LogP) is 0.712. The highest BCUT2D eigenvalue weighted by Crippen LogP contribution is 2.28. The topological polar surface area (TPSA) is 56.1 Å². The Labute approximate surface area is 94.4 Å². The summed E-state index contributed by atoms with van der Waals surface area (Å²) in [6.45, 7) is 1.95. The molecule has 1 aromatic rings. The van der Waals surface area contributed by atoms with E-state index in [1.165, 1.54) is 17.5 Å². The number of nitrogens with zero attached hydrogens (tertiary/aromatic N) is 2. The average Bonchev–Trinajstić information content (AvgIpc) is 3.09. The lowest BCUT2D eigenvalue weighted by Gasteiger charge is -2.07. The van der Waals surface area contributed by atoms with Crippen molar-refractivity contribution in [2.45, 2.75) is 19.4 Å². The molecule has 88 valence electrons. The van der Waals surface area contributed by atoms with Crippen molar-refractivity contribution in [2.75, 3.05) is 25.6 Å². The van der Waals surface area contributed by atoms with E-state index in [0.717, 1.165) is 18.2 Å². The van der Waals surface area contributed by atoms with Crippen LogP contribution in [0.5, 0.6) is 0 Å². The van der Waals surface area contributed by atoms with Gasteiger partial charge in [0.15, 0.2) is 0 Å². The molecule has 0 unspecified atom stereocenters. The summed E-state index contributed by atoms with van der Waals surface area (Å²) in [6, 6.07) is 1.59. The van der Waals surface area contributed by atoms with Crippen molar-refractivity contribution in [1.82, 2.24) is 9.78 Å². The minimum Gasteiger partial charge on any atom is -0.383 e. The van der Waals surface area contributed by atoms with Gasteiger partial charge in [-0.3, -0.25) is 4.79 Å². The zero-order chi connectivity index (χ0) is 11.4. The zero-order valence-electron chi connectivity index (χ0n) is 9.48. The Hall–Kier alpha value is -1.36. The smallest absolute Gasteiger partial charge is 0.268 e. The lowest BCUT2D eigenvalue weighted by atomic mass is 10.4. The van der Waals surface area contributed by atoms with E-state index in [-0.39, 0.29) is 5.56 Å². The molecule has 1 heterocycles. The van der Waals surface area contributed by atoms with Crippen LogP contribution in [-0.4, -0.2) is 30.0 Å². The Kier molecular flexibility index (Phi) is 3.56. The summed E-state index contributed by atoms with van der Waals surface area (Å²) in [4.78, 5) is 11.6. The second-order valence-electron chi connectivity index (χ2n) is 4.12. The fraction of sp³-hybridized carbons (Fsp3) is 0.636. The largest absolute Gasteiger partial charge is 0.383 e. The van der Waals surface area contributed by atoms with Gasteiger partial charge in [-0.1, -0.05) is 0 Å². The van der Waals surface area contributed by atoms with Gasteiger partial charge in [-0.15, -0.1) is 0 Å². The lowest BCUT2D eigenvalue weighted by Crippen LogP contribution is -2.24. The Balaban J connectivity index is 1.94. The van der Waals surface area contributed by atoms with Gasteiger partial charge in [0.25, 0.3) is 5.56 Å². The number of hydrogen-bond acceptors (Lipinski definition) is 4. The van der Waals surface area contributed by atoms with E-state index in [1.807, 2.05) is 0 Å². The first-order valence-corrected chi connectivity index (χ1v) is 5.59. The normalized spacial score (nSPS) is 15.1. The number of aromatic nitrogens is 2. The number of hydrogen-bond donors (Lipinski definition) is 1. The molecular formula is C11H17N3O2. The molecule has 0 radical (unpaired) electrons. The third kappa shape index (κ3) is 3.06. The molecule has 2 rings (SSSR count). The van der Waals surface area contributed by atoms with E-state index in [0.29, 0.717) is 13.2 Å². The van der Waals surface area contributed by atoms with Crippen LogP contribution in [0.2, 0.25) is 0 Å². The highest BCUT2D eigenvalue weighted by atomic mass is 16.5. The van der Waals surface area contributed by atoms with Crippen molar-refractivity contribution in [3.63, 3.8) is 0 Å². The molecule has 0 aliphatic heterocycles. The molecule has 1 fully saturated rings. The van der Waals surface area contributed by atoms with Gasteiger partial charge in [-0.2, -0.15) is 5.10 Å². The summed E-state index contributed by atoms with van der Waals surface area (Å²) >= 11 is 0.